The number of ether oxygens (including phenoxy) is 1. The van der Waals surface area contributed by atoms with Crippen LogP contribution in [-0.4, -0.2) is 28.5 Å². The summed E-state index contributed by atoms with van der Waals surface area (Å²) >= 11 is 2.61. The van der Waals surface area contributed by atoms with E-state index in [0.717, 1.165) is 27.7 Å². The highest BCUT2D eigenvalue weighted by atomic mass is 32.2. The summed E-state index contributed by atoms with van der Waals surface area (Å²) in [5.74, 6) is 0.821. The molecule has 0 radical (unpaired) electrons. The second kappa shape index (κ2) is 9.38. The first kappa shape index (κ1) is 19.2. The average molecular weight is 401 g/mol. The lowest BCUT2D eigenvalue weighted by Gasteiger charge is -2.09. The minimum absolute atomic E-state index is 0.327. The fourth-order valence-electron chi connectivity index (χ4n) is 2.20. The summed E-state index contributed by atoms with van der Waals surface area (Å²) in [6, 6.07) is 15.6. The summed E-state index contributed by atoms with van der Waals surface area (Å²) in [5.41, 5.74) is 2.27. The van der Waals surface area contributed by atoms with E-state index in [4.69, 9.17) is 4.74 Å². The number of rotatable bonds is 7. The van der Waals surface area contributed by atoms with Crippen LogP contribution in [0.5, 0.6) is 5.75 Å². The summed E-state index contributed by atoms with van der Waals surface area (Å²) < 4.78 is 9.90. The Labute approximate surface area is 166 Å². The number of nitrogens with zero attached hydrogens (tertiary/aromatic N) is 2. The molecule has 3 rings (SSSR count). The number of anilines is 1. The lowest BCUT2D eigenvalue weighted by molar-refractivity contribution is 0.247. The van der Waals surface area contributed by atoms with Gasteiger partial charge in [0.05, 0.1) is 6.54 Å². The maximum atomic E-state index is 12.0. The van der Waals surface area contributed by atoms with E-state index in [1.54, 1.807) is 0 Å². The Morgan fingerprint density at radius 2 is 1.93 bits per heavy atom. The number of hydrogen-bond donors (Lipinski definition) is 2. The number of amides is 2. The SMILES string of the molecule is Cc1ccc(Sc2nsc(NC(=O)NCCOc3ccccc3C)n2)cc1. The number of aryl methyl sites for hydroxylation is 2. The molecule has 0 spiro atoms. The minimum atomic E-state index is -0.327. The van der Waals surface area contributed by atoms with E-state index in [2.05, 4.69) is 20.0 Å². The van der Waals surface area contributed by atoms with Crippen molar-refractivity contribution in [2.45, 2.75) is 23.9 Å². The van der Waals surface area contributed by atoms with E-state index in [0.29, 0.717) is 23.4 Å². The third-order valence-corrected chi connectivity index (χ3v) is 5.22. The summed E-state index contributed by atoms with van der Waals surface area (Å²) in [7, 11) is 0. The molecule has 6 nitrogen and oxygen atoms in total. The maximum absolute atomic E-state index is 12.0. The molecule has 2 N–H and O–H groups in total. The van der Waals surface area contributed by atoms with Crippen LogP contribution in [0.2, 0.25) is 0 Å². The lowest BCUT2D eigenvalue weighted by atomic mass is 10.2. The van der Waals surface area contributed by atoms with Crippen LogP contribution in [0.1, 0.15) is 11.1 Å². The van der Waals surface area contributed by atoms with Gasteiger partial charge in [0.1, 0.15) is 12.4 Å². The normalized spacial score (nSPS) is 10.4. The van der Waals surface area contributed by atoms with E-state index in [-0.39, 0.29) is 6.03 Å². The van der Waals surface area contributed by atoms with Gasteiger partial charge in [-0.2, -0.15) is 9.36 Å². The number of carbonyl (C=O) groups excluding carboxylic acids is 1. The summed E-state index contributed by atoms with van der Waals surface area (Å²) in [6.45, 7) is 4.81. The van der Waals surface area contributed by atoms with Gasteiger partial charge in [0, 0.05) is 16.4 Å². The van der Waals surface area contributed by atoms with Crippen molar-refractivity contribution in [1.82, 2.24) is 14.7 Å². The van der Waals surface area contributed by atoms with Crippen molar-refractivity contribution in [1.29, 1.82) is 0 Å². The van der Waals surface area contributed by atoms with E-state index < -0.39 is 0 Å². The zero-order chi connectivity index (χ0) is 19.1. The van der Waals surface area contributed by atoms with Crippen molar-refractivity contribution in [3.63, 3.8) is 0 Å². The quantitative estimate of drug-likeness (QED) is 0.571. The van der Waals surface area contributed by atoms with Gasteiger partial charge in [-0.3, -0.25) is 5.32 Å². The molecule has 0 aliphatic rings. The van der Waals surface area contributed by atoms with Crippen LogP contribution in [-0.2, 0) is 0 Å². The first-order chi connectivity index (χ1) is 13.1. The Bertz CT molecular complexity index is 897. The number of para-hydroxylation sites is 1. The molecule has 1 heterocycles. The van der Waals surface area contributed by atoms with Crippen LogP contribution in [0.25, 0.3) is 0 Å². The number of nitrogens with one attached hydrogen (secondary N) is 2. The number of aromatic nitrogens is 2. The molecular weight excluding hydrogens is 380 g/mol. The van der Waals surface area contributed by atoms with Crippen LogP contribution in [0.3, 0.4) is 0 Å². The standard InChI is InChI=1S/C19H20N4O2S2/c1-13-7-9-15(10-8-13)26-19-22-18(27-23-19)21-17(24)20-11-12-25-16-6-4-3-5-14(16)2/h3-10H,11-12H2,1-2H3,(H2,20,21,22,23,24). The fourth-order valence-corrected chi connectivity index (χ4v) is 3.61. The van der Waals surface area contributed by atoms with Gasteiger partial charge in [0.2, 0.25) is 10.3 Å². The first-order valence-corrected chi connectivity index (χ1v) is 10.0. The monoisotopic (exact) mass is 400 g/mol. The molecular formula is C19H20N4O2S2. The van der Waals surface area contributed by atoms with Gasteiger partial charge in [-0.15, -0.1) is 0 Å². The molecule has 27 heavy (non-hydrogen) atoms. The largest absolute Gasteiger partial charge is 0.491 e. The maximum Gasteiger partial charge on any atom is 0.321 e. The smallest absolute Gasteiger partial charge is 0.321 e. The van der Waals surface area contributed by atoms with Crippen LogP contribution in [0.15, 0.2) is 58.6 Å². The van der Waals surface area contributed by atoms with Crippen LogP contribution < -0.4 is 15.4 Å². The Hall–Kier alpha value is -2.58. The fraction of sp³-hybridized carbons (Fsp3) is 0.211. The molecule has 1 aromatic heterocycles. The zero-order valence-electron chi connectivity index (χ0n) is 15.1. The van der Waals surface area contributed by atoms with Gasteiger partial charge in [0.15, 0.2) is 0 Å². The predicted octanol–water partition coefficient (Wildman–Crippen LogP) is 4.51. The van der Waals surface area contributed by atoms with Gasteiger partial charge in [0.25, 0.3) is 0 Å². The van der Waals surface area contributed by atoms with Crippen molar-refractivity contribution >= 4 is 34.5 Å². The number of urea groups is 1. The van der Waals surface area contributed by atoms with Gasteiger partial charge in [-0.1, -0.05) is 35.9 Å². The molecule has 0 unspecified atom stereocenters. The third kappa shape index (κ3) is 5.97. The van der Waals surface area contributed by atoms with Crippen LogP contribution in [0.4, 0.5) is 9.93 Å². The summed E-state index contributed by atoms with van der Waals surface area (Å²) in [6.07, 6.45) is 0. The summed E-state index contributed by atoms with van der Waals surface area (Å²) in [5, 5.41) is 6.51. The number of benzene rings is 2. The second-order valence-corrected chi connectivity index (χ2v) is 7.58. The van der Waals surface area contributed by atoms with E-state index in [9.17, 15) is 4.79 Å². The van der Waals surface area contributed by atoms with Crippen LogP contribution in [0, 0.1) is 13.8 Å². The van der Waals surface area contributed by atoms with Crippen molar-refractivity contribution in [3.8, 4) is 5.75 Å². The van der Waals surface area contributed by atoms with Crippen LogP contribution >= 0.6 is 23.3 Å². The molecule has 3 aromatic rings. The topological polar surface area (TPSA) is 76.1 Å². The number of hydrogen-bond acceptors (Lipinski definition) is 6. The highest BCUT2D eigenvalue weighted by Gasteiger charge is 2.09. The van der Waals surface area contributed by atoms with Gasteiger partial charge in [-0.25, -0.2) is 4.79 Å². The highest BCUT2D eigenvalue weighted by molar-refractivity contribution is 7.99. The molecule has 0 saturated carbocycles. The Balaban J connectivity index is 1.41. The van der Waals surface area contributed by atoms with Gasteiger partial charge < -0.3 is 10.1 Å². The Morgan fingerprint density at radius 1 is 1.15 bits per heavy atom. The Morgan fingerprint density at radius 3 is 2.70 bits per heavy atom. The molecule has 0 fully saturated rings. The lowest BCUT2D eigenvalue weighted by Crippen LogP contribution is -2.32. The first-order valence-electron chi connectivity index (χ1n) is 8.41. The molecule has 0 aliphatic heterocycles. The zero-order valence-corrected chi connectivity index (χ0v) is 16.7. The van der Waals surface area contributed by atoms with Crippen molar-refractivity contribution in [2.24, 2.45) is 0 Å². The summed E-state index contributed by atoms with van der Waals surface area (Å²) in [4.78, 5) is 17.3. The molecule has 0 saturated heterocycles. The van der Waals surface area contributed by atoms with Gasteiger partial charge >= 0.3 is 6.03 Å². The minimum Gasteiger partial charge on any atom is -0.491 e. The molecule has 0 bridgehead atoms. The molecule has 140 valence electrons. The molecule has 0 atom stereocenters. The molecule has 8 heteroatoms. The number of carbonyl (C=O) groups is 1. The second-order valence-electron chi connectivity index (χ2n) is 5.79. The highest BCUT2D eigenvalue weighted by Crippen LogP contribution is 2.27. The molecule has 2 amide bonds. The predicted molar refractivity (Wildman–Crippen MR) is 109 cm³/mol. The third-order valence-electron chi connectivity index (χ3n) is 3.60. The van der Waals surface area contributed by atoms with Gasteiger partial charge in [-0.05, 0) is 49.4 Å². The Kier molecular flexibility index (Phi) is 6.67. The van der Waals surface area contributed by atoms with Crippen molar-refractivity contribution < 1.29 is 9.53 Å². The molecule has 0 aliphatic carbocycles. The van der Waals surface area contributed by atoms with E-state index >= 15 is 0 Å². The van der Waals surface area contributed by atoms with E-state index in [1.165, 1.54) is 17.3 Å². The van der Waals surface area contributed by atoms with Crippen molar-refractivity contribution in [3.05, 3.63) is 59.7 Å². The van der Waals surface area contributed by atoms with E-state index in [1.807, 2.05) is 62.4 Å². The average Bonchev–Trinajstić information content (AvgIpc) is 3.09. The van der Waals surface area contributed by atoms with Crippen molar-refractivity contribution in [2.75, 3.05) is 18.5 Å². The molecule has 2 aromatic carbocycles.